The van der Waals surface area contributed by atoms with Crippen LogP contribution < -0.4 is 10.6 Å². The van der Waals surface area contributed by atoms with Gasteiger partial charge >= 0.3 is 12.0 Å². The number of nitrogens with one attached hydrogen (secondary N) is 2. The molecule has 0 saturated carbocycles. The molecule has 1 saturated heterocycles. The number of carboxylic acid groups (broad SMARTS) is 1. The van der Waals surface area contributed by atoms with Gasteiger partial charge in [-0.15, -0.1) is 0 Å². The number of aliphatic carboxylic acids is 1. The van der Waals surface area contributed by atoms with Crippen molar-refractivity contribution in [2.24, 2.45) is 5.92 Å². The lowest BCUT2D eigenvalue weighted by Gasteiger charge is -2.29. The number of ether oxygens (including phenoxy) is 1. The van der Waals surface area contributed by atoms with Crippen LogP contribution in [0.1, 0.15) is 13.8 Å². The van der Waals surface area contributed by atoms with E-state index >= 15 is 0 Å². The van der Waals surface area contributed by atoms with Crippen LogP contribution in [0.25, 0.3) is 0 Å². The van der Waals surface area contributed by atoms with Crippen LogP contribution in [0.3, 0.4) is 0 Å². The minimum absolute atomic E-state index is 0.121. The van der Waals surface area contributed by atoms with E-state index in [2.05, 4.69) is 10.6 Å². The zero-order valence-corrected chi connectivity index (χ0v) is 11.7. The van der Waals surface area contributed by atoms with E-state index in [9.17, 15) is 14.4 Å². The molecule has 1 aliphatic rings. The molecule has 114 valence electrons. The largest absolute Gasteiger partial charge is 0.481 e. The summed E-state index contributed by atoms with van der Waals surface area (Å²) in [6.45, 7) is 4.55. The molecule has 0 spiro atoms. The lowest BCUT2D eigenvalue weighted by molar-refractivity contribution is -0.142. The number of hydrogen-bond donors (Lipinski definition) is 3. The van der Waals surface area contributed by atoms with Crippen molar-refractivity contribution in [3.63, 3.8) is 0 Å². The third kappa shape index (κ3) is 4.37. The summed E-state index contributed by atoms with van der Waals surface area (Å²) >= 11 is 0. The fourth-order valence-corrected chi connectivity index (χ4v) is 2.12. The Kier molecular flexibility index (Phi) is 6.23. The summed E-state index contributed by atoms with van der Waals surface area (Å²) in [5, 5.41) is 14.3. The van der Waals surface area contributed by atoms with E-state index < -0.39 is 17.9 Å². The maximum absolute atomic E-state index is 12.0. The molecule has 1 fully saturated rings. The lowest BCUT2D eigenvalue weighted by atomic mass is 10.0. The first-order chi connectivity index (χ1) is 9.47. The highest BCUT2D eigenvalue weighted by atomic mass is 16.5. The molecule has 3 N–H and O–H groups in total. The monoisotopic (exact) mass is 287 g/mol. The highest BCUT2D eigenvalue weighted by Crippen LogP contribution is 2.20. The topological polar surface area (TPSA) is 108 Å². The summed E-state index contributed by atoms with van der Waals surface area (Å²) in [4.78, 5) is 35.3. The molecule has 1 aliphatic heterocycles. The summed E-state index contributed by atoms with van der Waals surface area (Å²) in [5.74, 6) is -1.82. The molecule has 0 aromatic rings. The predicted octanol–water partition coefficient (Wildman–Crippen LogP) is -0.746. The molecular weight excluding hydrogens is 266 g/mol. The molecule has 2 unspecified atom stereocenters. The zero-order chi connectivity index (χ0) is 15.1. The van der Waals surface area contributed by atoms with Gasteiger partial charge in [-0.05, 0) is 6.92 Å². The number of carbonyl (C=O) groups excluding carboxylic acids is 2. The Labute approximate surface area is 117 Å². The summed E-state index contributed by atoms with van der Waals surface area (Å²) in [5.41, 5.74) is 0. The van der Waals surface area contributed by atoms with E-state index in [1.807, 2.05) is 0 Å². The van der Waals surface area contributed by atoms with E-state index in [-0.39, 0.29) is 25.2 Å². The second kappa shape index (κ2) is 7.68. The first-order valence-corrected chi connectivity index (χ1v) is 6.56. The summed E-state index contributed by atoms with van der Waals surface area (Å²) in [7, 11) is 0. The van der Waals surface area contributed by atoms with E-state index in [0.29, 0.717) is 19.6 Å². The molecule has 0 aromatic heterocycles. The van der Waals surface area contributed by atoms with Crippen molar-refractivity contribution in [2.45, 2.75) is 19.9 Å². The van der Waals surface area contributed by atoms with E-state index in [0.717, 1.165) is 0 Å². The van der Waals surface area contributed by atoms with Gasteiger partial charge in [0.2, 0.25) is 5.91 Å². The van der Waals surface area contributed by atoms with Crippen LogP contribution in [0.2, 0.25) is 0 Å². The van der Waals surface area contributed by atoms with Crippen LogP contribution in [0.4, 0.5) is 4.79 Å². The second-order valence-electron chi connectivity index (χ2n) is 4.55. The Morgan fingerprint density at radius 1 is 1.25 bits per heavy atom. The minimum atomic E-state index is -0.961. The molecule has 1 rings (SSSR count). The van der Waals surface area contributed by atoms with Crippen molar-refractivity contribution >= 4 is 17.9 Å². The van der Waals surface area contributed by atoms with Crippen LogP contribution in [0, 0.1) is 5.92 Å². The number of nitrogens with zero attached hydrogens (tertiary/aromatic N) is 1. The molecule has 3 amide bonds. The van der Waals surface area contributed by atoms with Crippen LogP contribution in [0.5, 0.6) is 0 Å². The first-order valence-electron chi connectivity index (χ1n) is 6.56. The first kappa shape index (κ1) is 16.2. The molecule has 0 aromatic carbocycles. The van der Waals surface area contributed by atoms with E-state index in [1.165, 1.54) is 11.8 Å². The standard InChI is InChI=1S/C12H21N3O5/c1-3-15(10-7-20-6-9(10)11(17)18)12(19)14-5-4-13-8(2)16/h9-10H,3-7H2,1-2H3,(H,13,16)(H,14,19)(H,17,18). The van der Waals surface area contributed by atoms with Gasteiger partial charge in [0.25, 0.3) is 0 Å². The number of urea groups is 1. The minimum Gasteiger partial charge on any atom is -0.481 e. The maximum atomic E-state index is 12.0. The normalized spacial score (nSPS) is 21.3. The summed E-state index contributed by atoms with van der Waals surface area (Å²) < 4.78 is 5.16. The van der Waals surface area contributed by atoms with Gasteiger partial charge in [-0.3, -0.25) is 9.59 Å². The number of carboxylic acids is 1. The third-order valence-electron chi connectivity index (χ3n) is 3.14. The van der Waals surface area contributed by atoms with E-state index in [4.69, 9.17) is 9.84 Å². The van der Waals surface area contributed by atoms with Crippen molar-refractivity contribution in [2.75, 3.05) is 32.8 Å². The second-order valence-corrected chi connectivity index (χ2v) is 4.55. The van der Waals surface area contributed by atoms with Gasteiger partial charge in [0.1, 0.15) is 5.92 Å². The van der Waals surface area contributed by atoms with Crippen LogP contribution in [-0.2, 0) is 14.3 Å². The van der Waals surface area contributed by atoms with Crippen molar-refractivity contribution in [3.8, 4) is 0 Å². The Balaban J connectivity index is 2.50. The lowest BCUT2D eigenvalue weighted by Crippen LogP contribution is -2.51. The fraction of sp³-hybridized carbons (Fsp3) is 0.750. The molecule has 8 heteroatoms. The van der Waals surface area contributed by atoms with Crippen molar-refractivity contribution < 1.29 is 24.2 Å². The summed E-state index contributed by atoms with van der Waals surface area (Å²) in [6, 6.07) is -0.808. The van der Waals surface area contributed by atoms with Crippen molar-refractivity contribution in [1.29, 1.82) is 0 Å². The van der Waals surface area contributed by atoms with Crippen LogP contribution in [-0.4, -0.2) is 66.8 Å². The smallest absolute Gasteiger partial charge is 0.317 e. The SMILES string of the molecule is CCN(C(=O)NCCNC(C)=O)C1COCC1C(=O)O. The predicted molar refractivity (Wildman–Crippen MR) is 70.2 cm³/mol. The number of likely N-dealkylation sites (N-methyl/N-ethyl adjacent to an activating group) is 1. The van der Waals surface area contributed by atoms with Gasteiger partial charge in [0, 0.05) is 26.6 Å². The Morgan fingerprint density at radius 2 is 1.90 bits per heavy atom. The van der Waals surface area contributed by atoms with Gasteiger partial charge in [-0.1, -0.05) is 0 Å². The molecule has 1 heterocycles. The third-order valence-corrected chi connectivity index (χ3v) is 3.14. The van der Waals surface area contributed by atoms with Crippen LogP contribution in [0.15, 0.2) is 0 Å². The maximum Gasteiger partial charge on any atom is 0.317 e. The molecule has 0 aliphatic carbocycles. The quantitative estimate of drug-likeness (QED) is 0.557. The zero-order valence-electron chi connectivity index (χ0n) is 11.7. The van der Waals surface area contributed by atoms with Gasteiger partial charge in [0.15, 0.2) is 0 Å². The molecular formula is C12H21N3O5. The number of carbonyl (C=O) groups is 3. The molecule has 2 atom stereocenters. The average Bonchev–Trinajstić information content (AvgIpc) is 2.84. The average molecular weight is 287 g/mol. The van der Waals surface area contributed by atoms with Gasteiger partial charge < -0.3 is 25.4 Å². The van der Waals surface area contributed by atoms with Gasteiger partial charge in [-0.25, -0.2) is 4.79 Å². The number of rotatable bonds is 6. The highest BCUT2D eigenvalue weighted by Gasteiger charge is 2.39. The van der Waals surface area contributed by atoms with Gasteiger partial charge in [0.05, 0.1) is 19.3 Å². The van der Waals surface area contributed by atoms with Gasteiger partial charge in [-0.2, -0.15) is 0 Å². The molecule has 8 nitrogen and oxygen atoms in total. The van der Waals surface area contributed by atoms with Crippen LogP contribution >= 0.6 is 0 Å². The molecule has 20 heavy (non-hydrogen) atoms. The fourth-order valence-electron chi connectivity index (χ4n) is 2.12. The Morgan fingerprint density at radius 3 is 2.45 bits per heavy atom. The summed E-state index contributed by atoms with van der Waals surface area (Å²) in [6.07, 6.45) is 0. The molecule has 0 bridgehead atoms. The van der Waals surface area contributed by atoms with E-state index in [1.54, 1.807) is 6.92 Å². The number of amides is 3. The van der Waals surface area contributed by atoms with Crippen molar-refractivity contribution in [1.82, 2.24) is 15.5 Å². The van der Waals surface area contributed by atoms with Crippen molar-refractivity contribution in [3.05, 3.63) is 0 Å². The molecule has 0 radical (unpaired) electrons. The Hall–Kier alpha value is -1.83. The highest BCUT2D eigenvalue weighted by molar-refractivity contribution is 5.77. The number of hydrogen-bond acceptors (Lipinski definition) is 4. The Bertz CT molecular complexity index is 374.